The highest BCUT2D eigenvalue weighted by Crippen LogP contribution is 2.27. The topological polar surface area (TPSA) is 73.6 Å². The molecule has 1 heterocycles. The first-order chi connectivity index (χ1) is 10.2. The number of aryl methyl sites for hydroxylation is 1. The van der Waals surface area contributed by atoms with Crippen molar-refractivity contribution in [3.8, 4) is 5.75 Å². The maximum atomic E-state index is 11.8. The Morgan fingerprint density at radius 3 is 3.00 bits per heavy atom. The molecule has 1 atom stereocenters. The Hall–Kier alpha value is -1.30. The average Bonchev–Trinajstić information content (AvgIpc) is 2.98. The Kier molecular flexibility index (Phi) is 8.24. The molecule has 1 aliphatic rings. The Morgan fingerprint density at radius 2 is 2.32 bits per heavy atom. The van der Waals surface area contributed by atoms with E-state index in [1.54, 1.807) is 0 Å². The van der Waals surface area contributed by atoms with Gasteiger partial charge in [-0.15, -0.1) is 12.4 Å². The fraction of sp³-hybridized carbons (Fsp3) is 0.562. The van der Waals surface area contributed by atoms with Crippen LogP contribution in [-0.2, 0) is 9.53 Å². The highest BCUT2D eigenvalue weighted by Gasteiger charge is 2.17. The lowest BCUT2D eigenvalue weighted by atomic mass is 10.2. The zero-order chi connectivity index (χ0) is 15.1. The van der Waals surface area contributed by atoms with Crippen LogP contribution in [0.1, 0.15) is 31.2 Å². The summed E-state index contributed by atoms with van der Waals surface area (Å²) in [6.45, 7) is 3.85. The molecule has 1 aromatic carbocycles. The smallest absolute Gasteiger partial charge is 0.224 e. The average molecular weight is 329 g/mol. The molecule has 1 unspecified atom stereocenters. The molecule has 0 saturated carbocycles. The number of benzene rings is 1. The molecular formula is C16H25ClN2O3. The standard InChI is InChI=1S/C16H24N2O3.ClH/c1-12-6-7-14(18-16(19)5-2-8-17)15(10-12)21-11-13-4-3-9-20-13;/h6-7,10,13H,2-5,8-9,11,17H2,1H3,(H,18,19);1H. The second-order valence-corrected chi connectivity index (χ2v) is 5.39. The Bertz CT molecular complexity index is 476. The molecule has 0 spiro atoms. The molecule has 0 bridgehead atoms. The van der Waals surface area contributed by atoms with E-state index >= 15 is 0 Å². The highest BCUT2D eigenvalue weighted by atomic mass is 35.5. The summed E-state index contributed by atoms with van der Waals surface area (Å²) in [5.41, 5.74) is 7.22. The van der Waals surface area contributed by atoms with Crippen LogP contribution in [0.25, 0.3) is 0 Å². The Balaban J connectivity index is 0.00000242. The normalized spacial score (nSPS) is 16.9. The molecule has 1 saturated heterocycles. The van der Waals surface area contributed by atoms with E-state index in [0.29, 0.717) is 37.4 Å². The van der Waals surface area contributed by atoms with Crippen LogP contribution in [0.2, 0.25) is 0 Å². The summed E-state index contributed by atoms with van der Waals surface area (Å²) in [5, 5.41) is 2.89. The number of hydrogen-bond donors (Lipinski definition) is 2. The van der Waals surface area contributed by atoms with Crippen LogP contribution in [-0.4, -0.2) is 31.8 Å². The molecule has 22 heavy (non-hydrogen) atoms. The third kappa shape index (κ3) is 5.83. The van der Waals surface area contributed by atoms with Crippen LogP contribution < -0.4 is 15.8 Å². The SMILES string of the molecule is Cc1ccc(NC(=O)CCCN)c(OCC2CCCO2)c1.Cl. The minimum atomic E-state index is -0.0359. The second kappa shape index (κ2) is 9.66. The summed E-state index contributed by atoms with van der Waals surface area (Å²) in [4.78, 5) is 11.8. The van der Waals surface area contributed by atoms with Crippen LogP contribution in [0.15, 0.2) is 18.2 Å². The van der Waals surface area contributed by atoms with Gasteiger partial charge in [0.1, 0.15) is 12.4 Å². The number of carbonyl (C=O) groups is 1. The van der Waals surface area contributed by atoms with Crippen molar-refractivity contribution in [3.63, 3.8) is 0 Å². The summed E-state index contributed by atoms with van der Waals surface area (Å²) in [6, 6.07) is 5.77. The number of ether oxygens (including phenoxy) is 2. The number of halogens is 1. The number of nitrogens with two attached hydrogens (primary N) is 1. The van der Waals surface area contributed by atoms with Gasteiger partial charge in [0.15, 0.2) is 0 Å². The van der Waals surface area contributed by atoms with Gasteiger partial charge in [0, 0.05) is 13.0 Å². The van der Waals surface area contributed by atoms with E-state index < -0.39 is 0 Å². The van der Waals surface area contributed by atoms with Gasteiger partial charge in [-0.25, -0.2) is 0 Å². The molecular weight excluding hydrogens is 304 g/mol. The highest BCUT2D eigenvalue weighted by molar-refractivity contribution is 5.92. The number of anilines is 1. The molecule has 2 rings (SSSR count). The van der Waals surface area contributed by atoms with Gasteiger partial charge in [0.25, 0.3) is 0 Å². The van der Waals surface area contributed by atoms with Gasteiger partial charge in [-0.05, 0) is 50.4 Å². The van der Waals surface area contributed by atoms with Crippen molar-refractivity contribution >= 4 is 24.0 Å². The first kappa shape index (κ1) is 18.7. The van der Waals surface area contributed by atoms with Crippen molar-refractivity contribution in [3.05, 3.63) is 23.8 Å². The van der Waals surface area contributed by atoms with Crippen LogP contribution in [0.5, 0.6) is 5.75 Å². The number of rotatable bonds is 7. The molecule has 124 valence electrons. The lowest BCUT2D eigenvalue weighted by molar-refractivity contribution is -0.116. The van der Waals surface area contributed by atoms with E-state index in [0.717, 1.165) is 25.0 Å². The Labute approximate surface area is 138 Å². The van der Waals surface area contributed by atoms with E-state index in [4.69, 9.17) is 15.2 Å². The maximum Gasteiger partial charge on any atom is 0.224 e. The first-order valence-electron chi connectivity index (χ1n) is 7.54. The molecule has 5 nitrogen and oxygen atoms in total. The monoisotopic (exact) mass is 328 g/mol. The predicted molar refractivity (Wildman–Crippen MR) is 89.8 cm³/mol. The third-order valence-corrected chi connectivity index (χ3v) is 3.47. The summed E-state index contributed by atoms with van der Waals surface area (Å²) >= 11 is 0. The summed E-state index contributed by atoms with van der Waals surface area (Å²) in [5.74, 6) is 0.665. The number of carbonyl (C=O) groups excluding carboxylic acids is 1. The van der Waals surface area contributed by atoms with E-state index in [1.807, 2.05) is 25.1 Å². The van der Waals surface area contributed by atoms with E-state index in [9.17, 15) is 4.79 Å². The lowest BCUT2D eigenvalue weighted by Gasteiger charge is -2.16. The van der Waals surface area contributed by atoms with Crippen molar-refractivity contribution in [1.29, 1.82) is 0 Å². The molecule has 1 aliphatic heterocycles. The number of nitrogens with one attached hydrogen (secondary N) is 1. The lowest BCUT2D eigenvalue weighted by Crippen LogP contribution is -2.18. The summed E-state index contributed by atoms with van der Waals surface area (Å²) in [6.07, 6.45) is 3.39. The van der Waals surface area contributed by atoms with Crippen molar-refractivity contribution in [1.82, 2.24) is 0 Å². The van der Waals surface area contributed by atoms with Crippen molar-refractivity contribution in [2.75, 3.05) is 25.1 Å². The van der Waals surface area contributed by atoms with Crippen LogP contribution >= 0.6 is 12.4 Å². The molecule has 6 heteroatoms. The summed E-state index contributed by atoms with van der Waals surface area (Å²) in [7, 11) is 0. The minimum absolute atomic E-state index is 0. The largest absolute Gasteiger partial charge is 0.489 e. The van der Waals surface area contributed by atoms with E-state index in [1.165, 1.54) is 0 Å². The molecule has 0 aliphatic carbocycles. The zero-order valence-corrected chi connectivity index (χ0v) is 13.8. The van der Waals surface area contributed by atoms with Crippen molar-refractivity contribution in [2.45, 2.75) is 38.7 Å². The predicted octanol–water partition coefficient (Wildman–Crippen LogP) is 2.65. The van der Waals surface area contributed by atoms with Crippen LogP contribution in [0.4, 0.5) is 5.69 Å². The van der Waals surface area contributed by atoms with Gasteiger partial charge in [0.05, 0.1) is 11.8 Å². The van der Waals surface area contributed by atoms with Crippen molar-refractivity contribution in [2.24, 2.45) is 5.73 Å². The van der Waals surface area contributed by atoms with Gasteiger partial charge >= 0.3 is 0 Å². The van der Waals surface area contributed by atoms with E-state index in [-0.39, 0.29) is 24.4 Å². The summed E-state index contributed by atoms with van der Waals surface area (Å²) < 4.78 is 11.4. The van der Waals surface area contributed by atoms with Gasteiger partial charge in [-0.1, -0.05) is 6.07 Å². The fourth-order valence-electron chi connectivity index (χ4n) is 2.29. The molecule has 0 radical (unpaired) electrons. The molecule has 3 N–H and O–H groups in total. The fourth-order valence-corrected chi connectivity index (χ4v) is 2.29. The van der Waals surface area contributed by atoms with Crippen LogP contribution in [0, 0.1) is 6.92 Å². The van der Waals surface area contributed by atoms with Gasteiger partial charge in [-0.2, -0.15) is 0 Å². The van der Waals surface area contributed by atoms with Crippen molar-refractivity contribution < 1.29 is 14.3 Å². The van der Waals surface area contributed by atoms with E-state index in [2.05, 4.69) is 5.32 Å². The molecule has 1 fully saturated rings. The minimum Gasteiger partial charge on any atom is -0.489 e. The second-order valence-electron chi connectivity index (χ2n) is 5.39. The Morgan fingerprint density at radius 1 is 1.50 bits per heavy atom. The van der Waals surface area contributed by atoms with Crippen LogP contribution in [0.3, 0.4) is 0 Å². The zero-order valence-electron chi connectivity index (χ0n) is 13.0. The first-order valence-corrected chi connectivity index (χ1v) is 7.54. The molecule has 1 amide bonds. The van der Waals surface area contributed by atoms with Gasteiger partial charge < -0.3 is 20.5 Å². The van der Waals surface area contributed by atoms with Gasteiger partial charge in [0.2, 0.25) is 5.91 Å². The number of hydrogen-bond acceptors (Lipinski definition) is 4. The quantitative estimate of drug-likeness (QED) is 0.807. The third-order valence-electron chi connectivity index (χ3n) is 3.47. The number of amides is 1. The molecule has 0 aromatic heterocycles. The maximum absolute atomic E-state index is 11.8. The molecule has 1 aromatic rings. The van der Waals surface area contributed by atoms with Gasteiger partial charge in [-0.3, -0.25) is 4.79 Å².